The molecule has 0 radical (unpaired) electrons. The number of nitrogens with one attached hydrogen (secondary N) is 1. The zero-order chi connectivity index (χ0) is 19.6. The highest BCUT2D eigenvalue weighted by Crippen LogP contribution is 2.42. The van der Waals surface area contributed by atoms with E-state index in [1.54, 1.807) is 4.68 Å². The Kier molecular flexibility index (Phi) is 5.78. The van der Waals surface area contributed by atoms with E-state index in [1.165, 1.54) is 10.9 Å². The largest absolute Gasteiger partial charge is 0.435 e. The Morgan fingerprint density at radius 3 is 2.67 bits per heavy atom. The molecule has 2 heterocycles. The van der Waals surface area contributed by atoms with E-state index < -0.39 is 11.9 Å². The highest BCUT2D eigenvalue weighted by Gasteiger charge is 2.37. The number of hydrogen-bond donors (Lipinski definition) is 1. The second-order valence-corrected chi connectivity index (χ2v) is 7.11. The third-order valence-corrected chi connectivity index (χ3v) is 4.93. The summed E-state index contributed by atoms with van der Waals surface area (Å²) in [6.45, 7) is 2.97. The highest BCUT2D eigenvalue weighted by atomic mass is 35.5. The third kappa shape index (κ3) is 5.03. The molecular weight excluding hydrogens is 383 g/mol. The second kappa shape index (κ2) is 7.92. The Morgan fingerprint density at radius 2 is 2.07 bits per heavy atom. The molecule has 1 amide bonds. The lowest BCUT2D eigenvalue weighted by molar-refractivity contribution is -0.141. The fourth-order valence-corrected chi connectivity index (χ4v) is 3.00. The minimum Gasteiger partial charge on any atom is -0.356 e. The van der Waals surface area contributed by atoms with Crippen LogP contribution in [0.25, 0.3) is 0 Å². The molecule has 3 rings (SSSR count). The molecule has 27 heavy (non-hydrogen) atoms. The minimum atomic E-state index is -4.43. The van der Waals surface area contributed by atoms with Crippen molar-refractivity contribution in [1.82, 2.24) is 24.9 Å². The molecule has 1 aliphatic rings. The molecule has 2 aromatic heterocycles. The van der Waals surface area contributed by atoms with Gasteiger partial charge >= 0.3 is 6.18 Å². The Labute approximate surface area is 159 Å². The number of nitrogens with zero attached hydrogens (tertiary/aromatic N) is 4. The average molecular weight is 404 g/mol. The maximum atomic E-state index is 12.9. The first-order valence-corrected chi connectivity index (χ1v) is 9.23. The lowest BCUT2D eigenvalue weighted by Gasteiger charge is -2.09. The average Bonchev–Trinajstić information content (AvgIpc) is 3.27. The van der Waals surface area contributed by atoms with E-state index in [-0.39, 0.29) is 18.2 Å². The van der Waals surface area contributed by atoms with Crippen LogP contribution < -0.4 is 5.32 Å². The van der Waals surface area contributed by atoms with Crippen LogP contribution in [0.3, 0.4) is 0 Å². The van der Waals surface area contributed by atoms with Gasteiger partial charge in [-0.3, -0.25) is 14.2 Å². The van der Waals surface area contributed by atoms with Crippen LogP contribution in [0, 0.1) is 6.92 Å². The molecular formula is C17H21ClF3N5O. The van der Waals surface area contributed by atoms with E-state index in [9.17, 15) is 18.0 Å². The Hall–Kier alpha value is -2.03. The summed E-state index contributed by atoms with van der Waals surface area (Å²) in [6.07, 6.45) is -0.335. The molecule has 0 spiro atoms. The summed E-state index contributed by atoms with van der Waals surface area (Å²) in [5, 5.41) is 11.1. The van der Waals surface area contributed by atoms with Crippen molar-refractivity contribution in [3.8, 4) is 0 Å². The lowest BCUT2D eigenvalue weighted by atomic mass is 10.2. The van der Waals surface area contributed by atoms with Gasteiger partial charge in [0.2, 0.25) is 5.91 Å². The first-order chi connectivity index (χ1) is 12.8. The normalized spacial score (nSPS) is 14.6. The minimum absolute atomic E-state index is 0.139. The lowest BCUT2D eigenvalue weighted by Crippen LogP contribution is -2.26. The number of halogens is 4. The van der Waals surface area contributed by atoms with Crippen molar-refractivity contribution in [2.75, 3.05) is 6.54 Å². The van der Waals surface area contributed by atoms with Gasteiger partial charge in [0.15, 0.2) is 5.69 Å². The summed E-state index contributed by atoms with van der Waals surface area (Å²) in [4.78, 5) is 11.9. The number of rotatable bonds is 8. The smallest absolute Gasteiger partial charge is 0.356 e. The quantitative estimate of drug-likeness (QED) is 0.686. The summed E-state index contributed by atoms with van der Waals surface area (Å²) >= 11 is 5.91. The van der Waals surface area contributed by atoms with Crippen LogP contribution in [0.4, 0.5) is 13.2 Å². The van der Waals surface area contributed by atoms with Crippen LogP contribution in [-0.2, 0) is 24.1 Å². The molecule has 148 valence electrons. The van der Waals surface area contributed by atoms with E-state index in [4.69, 9.17) is 11.6 Å². The second-order valence-electron chi connectivity index (χ2n) is 6.70. The summed E-state index contributed by atoms with van der Waals surface area (Å²) in [5.41, 5.74) is 0.595. The predicted molar refractivity (Wildman–Crippen MR) is 93.4 cm³/mol. The zero-order valence-corrected chi connectivity index (χ0v) is 15.6. The molecule has 1 aliphatic carbocycles. The summed E-state index contributed by atoms with van der Waals surface area (Å²) in [5.74, 6) is 0.0345. The molecule has 0 aromatic carbocycles. The summed E-state index contributed by atoms with van der Waals surface area (Å²) in [6, 6.07) is 1.15. The van der Waals surface area contributed by atoms with Gasteiger partial charge in [0.05, 0.1) is 23.5 Å². The number of alkyl halides is 3. The fourth-order valence-electron chi connectivity index (χ4n) is 2.86. The van der Waals surface area contributed by atoms with Gasteiger partial charge in [0, 0.05) is 31.1 Å². The van der Waals surface area contributed by atoms with Crippen molar-refractivity contribution in [3.63, 3.8) is 0 Å². The first-order valence-electron chi connectivity index (χ1n) is 8.85. The van der Waals surface area contributed by atoms with E-state index in [0.717, 1.165) is 24.6 Å². The third-order valence-electron chi connectivity index (χ3n) is 4.56. The van der Waals surface area contributed by atoms with E-state index in [2.05, 4.69) is 15.5 Å². The first kappa shape index (κ1) is 19.7. The van der Waals surface area contributed by atoms with Crippen molar-refractivity contribution in [3.05, 3.63) is 34.4 Å². The Balaban J connectivity index is 1.44. The number of hydrogen-bond acceptors (Lipinski definition) is 3. The molecule has 0 saturated heterocycles. The molecule has 0 atom stereocenters. The zero-order valence-electron chi connectivity index (χ0n) is 14.9. The number of carbonyl (C=O) groups is 1. The topological polar surface area (TPSA) is 64.7 Å². The molecule has 1 N–H and O–H groups in total. The van der Waals surface area contributed by atoms with Gasteiger partial charge in [-0.05, 0) is 32.3 Å². The number of carbonyl (C=O) groups excluding carboxylic acids is 1. The molecule has 0 aliphatic heterocycles. The van der Waals surface area contributed by atoms with Crippen molar-refractivity contribution >= 4 is 17.5 Å². The van der Waals surface area contributed by atoms with E-state index in [1.807, 2.05) is 6.92 Å². The van der Waals surface area contributed by atoms with Gasteiger partial charge < -0.3 is 5.32 Å². The van der Waals surface area contributed by atoms with Crippen molar-refractivity contribution in [2.45, 2.75) is 57.8 Å². The van der Waals surface area contributed by atoms with Gasteiger partial charge in [-0.15, -0.1) is 0 Å². The van der Waals surface area contributed by atoms with Crippen LogP contribution in [0.1, 0.15) is 48.7 Å². The van der Waals surface area contributed by atoms with Crippen molar-refractivity contribution in [2.24, 2.45) is 0 Å². The standard InChI is InChI=1S/C17H21ClF3N5O/c1-11-13(18)10-23-25(11)8-5-16(27)22-6-2-7-26-14(12-3-4-12)9-15(24-26)17(19,20)21/h9-10,12H,2-8H2,1H3,(H,22,27). The Morgan fingerprint density at radius 1 is 1.33 bits per heavy atom. The molecule has 6 nitrogen and oxygen atoms in total. The molecule has 0 bridgehead atoms. The maximum absolute atomic E-state index is 12.9. The summed E-state index contributed by atoms with van der Waals surface area (Å²) in [7, 11) is 0. The van der Waals surface area contributed by atoms with Crippen molar-refractivity contribution in [1.29, 1.82) is 0 Å². The van der Waals surface area contributed by atoms with Crippen molar-refractivity contribution < 1.29 is 18.0 Å². The highest BCUT2D eigenvalue weighted by molar-refractivity contribution is 6.31. The Bertz CT molecular complexity index is 810. The maximum Gasteiger partial charge on any atom is 0.435 e. The number of amides is 1. The van der Waals surface area contributed by atoms with Crippen LogP contribution in [0.2, 0.25) is 5.02 Å². The number of aromatic nitrogens is 4. The van der Waals surface area contributed by atoms with Crippen LogP contribution in [-0.4, -0.2) is 32.0 Å². The van der Waals surface area contributed by atoms with Crippen LogP contribution >= 0.6 is 11.6 Å². The van der Waals surface area contributed by atoms with E-state index >= 15 is 0 Å². The van der Waals surface area contributed by atoms with Gasteiger partial charge in [0.25, 0.3) is 0 Å². The van der Waals surface area contributed by atoms with Gasteiger partial charge in [-0.25, -0.2) is 0 Å². The molecule has 1 saturated carbocycles. The van der Waals surface area contributed by atoms with Gasteiger partial charge in [0.1, 0.15) is 0 Å². The molecule has 10 heteroatoms. The molecule has 2 aromatic rings. The van der Waals surface area contributed by atoms with Crippen LogP contribution in [0.15, 0.2) is 12.3 Å². The van der Waals surface area contributed by atoms with E-state index in [0.29, 0.717) is 36.8 Å². The van der Waals surface area contributed by atoms with Gasteiger partial charge in [-0.1, -0.05) is 11.6 Å². The molecule has 0 unspecified atom stereocenters. The molecule has 1 fully saturated rings. The monoisotopic (exact) mass is 403 g/mol. The SMILES string of the molecule is Cc1c(Cl)cnn1CCC(=O)NCCCn1nc(C(F)(F)F)cc1C1CC1. The summed E-state index contributed by atoms with van der Waals surface area (Å²) < 4.78 is 41.7. The van der Waals surface area contributed by atoms with Crippen LogP contribution in [0.5, 0.6) is 0 Å². The van der Waals surface area contributed by atoms with Gasteiger partial charge in [-0.2, -0.15) is 23.4 Å². The number of aryl methyl sites for hydroxylation is 2. The predicted octanol–water partition coefficient (Wildman–Crippen LogP) is 3.53. The fraction of sp³-hybridized carbons (Fsp3) is 0.588.